The van der Waals surface area contributed by atoms with Crippen molar-refractivity contribution in [2.45, 2.75) is 13.8 Å². The van der Waals surface area contributed by atoms with Gasteiger partial charge in [0.05, 0.1) is 12.5 Å². The van der Waals surface area contributed by atoms with E-state index in [1.54, 1.807) is 25.3 Å². The predicted octanol–water partition coefficient (Wildman–Crippen LogP) is 4.09. The molecule has 1 heterocycles. The van der Waals surface area contributed by atoms with Crippen LogP contribution in [0, 0.1) is 13.8 Å². The van der Waals surface area contributed by atoms with Crippen LogP contribution in [0.5, 0.6) is 5.75 Å². The third kappa shape index (κ3) is 2.55. The van der Waals surface area contributed by atoms with Gasteiger partial charge in [-0.2, -0.15) is 0 Å². The minimum absolute atomic E-state index is 0.0655. The van der Waals surface area contributed by atoms with Crippen molar-refractivity contribution in [3.8, 4) is 17.1 Å². The molecule has 2 aromatic carbocycles. The first kappa shape index (κ1) is 13.4. The Balaban J connectivity index is 2.23. The number of aryl methyl sites for hydroxylation is 2. The standard InChI is InChI=1S/C18H16O3/c1-11-6-12(2)8-13(7-11)18-10-16(19)15-9-14(20-3)4-5-17(15)21-18/h4-10H,1-3H3. The lowest BCUT2D eigenvalue weighted by atomic mass is 10.0. The van der Waals surface area contributed by atoms with Gasteiger partial charge < -0.3 is 9.15 Å². The summed E-state index contributed by atoms with van der Waals surface area (Å²) < 4.78 is 11.0. The van der Waals surface area contributed by atoms with E-state index in [9.17, 15) is 4.79 Å². The molecule has 0 spiro atoms. The molecule has 3 aromatic rings. The van der Waals surface area contributed by atoms with Gasteiger partial charge in [0, 0.05) is 11.6 Å². The largest absolute Gasteiger partial charge is 0.497 e. The van der Waals surface area contributed by atoms with Crippen molar-refractivity contribution < 1.29 is 9.15 Å². The third-order valence-electron chi connectivity index (χ3n) is 3.44. The second-order valence-electron chi connectivity index (χ2n) is 5.21. The SMILES string of the molecule is COc1ccc2oc(-c3cc(C)cc(C)c3)cc(=O)c2c1. The summed E-state index contributed by atoms with van der Waals surface area (Å²) in [6.45, 7) is 4.06. The van der Waals surface area contributed by atoms with E-state index < -0.39 is 0 Å². The highest BCUT2D eigenvalue weighted by Crippen LogP contribution is 2.26. The average Bonchev–Trinajstić information content (AvgIpc) is 2.46. The summed E-state index contributed by atoms with van der Waals surface area (Å²) in [5.74, 6) is 1.23. The summed E-state index contributed by atoms with van der Waals surface area (Å²) in [4.78, 5) is 12.3. The minimum atomic E-state index is -0.0655. The fourth-order valence-corrected chi connectivity index (χ4v) is 2.52. The molecule has 0 amide bonds. The topological polar surface area (TPSA) is 39.4 Å². The fourth-order valence-electron chi connectivity index (χ4n) is 2.52. The Morgan fingerprint density at radius 3 is 2.33 bits per heavy atom. The van der Waals surface area contributed by atoms with Crippen molar-refractivity contribution in [2.75, 3.05) is 7.11 Å². The van der Waals surface area contributed by atoms with E-state index in [4.69, 9.17) is 9.15 Å². The predicted molar refractivity (Wildman–Crippen MR) is 83.9 cm³/mol. The summed E-state index contributed by atoms with van der Waals surface area (Å²) >= 11 is 0. The molecule has 0 unspecified atom stereocenters. The lowest BCUT2D eigenvalue weighted by molar-refractivity contribution is 0.415. The van der Waals surface area contributed by atoms with Crippen LogP contribution in [0.15, 0.2) is 51.7 Å². The van der Waals surface area contributed by atoms with E-state index in [0.29, 0.717) is 22.5 Å². The Morgan fingerprint density at radius 2 is 1.67 bits per heavy atom. The van der Waals surface area contributed by atoms with Crippen LogP contribution >= 0.6 is 0 Å². The van der Waals surface area contributed by atoms with Crippen LogP contribution in [0.25, 0.3) is 22.3 Å². The molecule has 106 valence electrons. The fraction of sp³-hybridized carbons (Fsp3) is 0.167. The Labute approximate surface area is 122 Å². The highest BCUT2D eigenvalue weighted by molar-refractivity contribution is 5.80. The van der Waals surface area contributed by atoms with Gasteiger partial charge in [0.2, 0.25) is 0 Å². The molecule has 3 rings (SSSR count). The van der Waals surface area contributed by atoms with Crippen molar-refractivity contribution in [1.29, 1.82) is 0 Å². The summed E-state index contributed by atoms with van der Waals surface area (Å²) in [6.07, 6.45) is 0. The number of methoxy groups -OCH3 is 1. The number of fused-ring (bicyclic) bond motifs is 1. The molecule has 3 heteroatoms. The van der Waals surface area contributed by atoms with Gasteiger partial charge in [-0.3, -0.25) is 4.79 Å². The number of rotatable bonds is 2. The van der Waals surface area contributed by atoms with Gasteiger partial charge in [-0.05, 0) is 44.2 Å². The molecule has 0 fully saturated rings. The third-order valence-corrected chi connectivity index (χ3v) is 3.44. The number of ether oxygens (including phenoxy) is 1. The first-order valence-electron chi connectivity index (χ1n) is 6.77. The monoisotopic (exact) mass is 280 g/mol. The van der Waals surface area contributed by atoms with Crippen molar-refractivity contribution in [3.63, 3.8) is 0 Å². The molecular weight excluding hydrogens is 264 g/mol. The van der Waals surface area contributed by atoms with Crippen LogP contribution in [0.2, 0.25) is 0 Å². The Hall–Kier alpha value is -2.55. The molecule has 0 radical (unpaired) electrons. The molecule has 21 heavy (non-hydrogen) atoms. The second-order valence-corrected chi connectivity index (χ2v) is 5.21. The summed E-state index contributed by atoms with van der Waals surface area (Å²) in [7, 11) is 1.58. The summed E-state index contributed by atoms with van der Waals surface area (Å²) in [5, 5.41) is 0.530. The van der Waals surface area contributed by atoms with Gasteiger partial charge in [-0.1, -0.05) is 17.2 Å². The van der Waals surface area contributed by atoms with E-state index in [-0.39, 0.29) is 5.43 Å². The van der Waals surface area contributed by atoms with Gasteiger partial charge in [0.25, 0.3) is 0 Å². The van der Waals surface area contributed by atoms with E-state index in [1.165, 1.54) is 6.07 Å². The van der Waals surface area contributed by atoms with Gasteiger partial charge in [0.1, 0.15) is 17.1 Å². The molecule has 0 saturated heterocycles. The van der Waals surface area contributed by atoms with E-state index in [0.717, 1.165) is 16.7 Å². The molecule has 0 saturated carbocycles. The average molecular weight is 280 g/mol. The molecule has 0 bridgehead atoms. The lowest BCUT2D eigenvalue weighted by Crippen LogP contribution is -2.01. The molecule has 0 N–H and O–H groups in total. The molecule has 0 atom stereocenters. The van der Waals surface area contributed by atoms with Crippen LogP contribution in [0.1, 0.15) is 11.1 Å². The number of benzene rings is 2. The molecule has 0 aliphatic carbocycles. The summed E-state index contributed by atoms with van der Waals surface area (Å²) in [6, 6.07) is 12.9. The van der Waals surface area contributed by atoms with E-state index in [2.05, 4.69) is 6.07 Å². The smallest absolute Gasteiger partial charge is 0.193 e. The Bertz CT molecular complexity index is 855. The Morgan fingerprint density at radius 1 is 0.952 bits per heavy atom. The zero-order chi connectivity index (χ0) is 15.0. The van der Waals surface area contributed by atoms with Gasteiger partial charge >= 0.3 is 0 Å². The quantitative estimate of drug-likeness (QED) is 0.710. The van der Waals surface area contributed by atoms with Gasteiger partial charge in [-0.15, -0.1) is 0 Å². The maximum Gasteiger partial charge on any atom is 0.193 e. The highest BCUT2D eigenvalue weighted by Gasteiger charge is 2.08. The highest BCUT2D eigenvalue weighted by atomic mass is 16.5. The maximum atomic E-state index is 12.3. The van der Waals surface area contributed by atoms with Crippen LogP contribution in [0.3, 0.4) is 0 Å². The molecule has 3 nitrogen and oxygen atoms in total. The van der Waals surface area contributed by atoms with Crippen molar-refractivity contribution in [1.82, 2.24) is 0 Å². The van der Waals surface area contributed by atoms with Crippen LogP contribution in [-0.4, -0.2) is 7.11 Å². The maximum absolute atomic E-state index is 12.3. The number of hydrogen-bond acceptors (Lipinski definition) is 3. The first-order valence-corrected chi connectivity index (χ1v) is 6.77. The van der Waals surface area contributed by atoms with Crippen LogP contribution in [-0.2, 0) is 0 Å². The molecular formula is C18H16O3. The van der Waals surface area contributed by atoms with Gasteiger partial charge in [-0.25, -0.2) is 0 Å². The van der Waals surface area contributed by atoms with E-state index >= 15 is 0 Å². The molecule has 0 aliphatic rings. The molecule has 1 aromatic heterocycles. The lowest BCUT2D eigenvalue weighted by Gasteiger charge is -2.06. The number of hydrogen-bond donors (Lipinski definition) is 0. The van der Waals surface area contributed by atoms with Crippen molar-refractivity contribution >= 4 is 11.0 Å². The first-order chi connectivity index (χ1) is 10.1. The zero-order valence-electron chi connectivity index (χ0n) is 12.3. The summed E-state index contributed by atoms with van der Waals surface area (Å²) in [5.41, 5.74) is 3.70. The van der Waals surface area contributed by atoms with Crippen LogP contribution < -0.4 is 10.2 Å². The zero-order valence-corrected chi connectivity index (χ0v) is 12.3. The second kappa shape index (κ2) is 5.09. The van der Waals surface area contributed by atoms with Crippen molar-refractivity contribution in [2.24, 2.45) is 0 Å². The van der Waals surface area contributed by atoms with Crippen molar-refractivity contribution in [3.05, 3.63) is 63.8 Å². The minimum Gasteiger partial charge on any atom is -0.497 e. The van der Waals surface area contributed by atoms with Crippen LogP contribution in [0.4, 0.5) is 0 Å². The Kier molecular flexibility index (Phi) is 3.26. The molecule has 0 aliphatic heterocycles. The normalized spacial score (nSPS) is 10.8. The van der Waals surface area contributed by atoms with Gasteiger partial charge in [0.15, 0.2) is 5.43 Å². The van der Waals surface area contributed by atoms with E-state index in [1.807, 2.05) is 26.0 Å².